The Bertz CT molecular complexity index is 819. The molecular weight excluding hydrogens is 381 g/mol. The van der Waals surface area contributed by atoms with Crippen molar-refractivity contribution in [1.82, 2.24) is 9.96 Å². The first kappa shape index (κ1) is 19.6. The van der Waals surface area contributed by atoms with Gasteiger partial charge in [0.25, 0.3) is 11.8 Å². The van der Waals surface area contributed by atoms with Crippen LogP contribution in [0, 0.1) is 23.7 Å². The van der Waals surface area contributed by atoms with Gasteiger partial charge in [-0.2, -0.15) is 5.06 Å². The normalized spacial score (nSPS) is 30.4. The van der Waals surface area contributed by atoms with Crippen LogP contribution in [0.15, 0.2) is 36.4 Å². The summed E-state index contributed by atoms with van der Waals surface area (Å²) in [5, 5.41) is 1.07. The van der Waals surface area contributed by atoms with Gasteiger partial charge in [0.15, 0.2) is 0 Å². The Balaban J connectivity index is 1.06. The van der Waals surface area contributed by atoms with E-state index in [1.165, 1.54) is 0 Å². The number of piperazine rings is 1. The maximum atomic E-state index is 12.6. The van der Waals surface area contributed by atoms with Gasteiger partial charge in [-0.1, -0.05) is 24.3 Å². The minimum Gasteiger partial charge on any atom is -0.495 e. The number of ether oxygens (including phenoxy) is 1. The Morgan fingerprint density at radius 2 is 1.63 bits per heavy atom. The van der Waals surface area contributed by atoms with Gasteiger partial charge in [-0.05, 0) is 36.8 Å². The minimum absolute atomic E-state index is 0.132. The van der Waals surface area contributed by atoms with E-state index < -0.39 is 0 Å². The lowest BCUT2D eigenvalue weighted by molar-refractivity contribution is -0.190. The quantitative estimate of drug-likeness (QED) is 0.389. The molecule has 2 heterocycles. The van der Waals surface area contributed by atoms with Crippen LogP contribution in [-0.2, 0) is 14.4 Å². The molecular formula is C23H29N3O4. The van der Waals surface area contributed by atoms with Crippen molar-refractivity contribution in [2.75, 3.05) is 51.3 Å². The number of hydrogen-bond acceptors (Lipinski definition) is 6. The highest BCUT2D eigenvalue weighted by molar-refractivity contribution is 6.05. The fourth-order valence-corrected chi connectivity index (χ4v) is 5.55. The molecule has 2 saturated heterocycles. The molecule has 7 nitrogen and oxygen atoms in total. The third-order valence-electron chi connectivity index (χ3n) is 7.07. The minimum atomic E-state index is -0.185. The number of hydroxylamine groups is 2. The number of carbonyl (C=O) groups is 2. The lowest BCUT2D eigenvalue weighted by atomic mass is 9.85. The van der Waals surface area contributed by atoms with E-state index in [4.69, 9.17) is 9.57 Å². The second kappa shape index (κ2) is 8.04. The van der Waals surface area contributed by atoms with Crippen LogP contribution in [0.2, 0.25) is 0 Å². The van der Waals surface area contributed by atoms with Crippen LogP contribution in [0.4, 0.5) is 5.69 Å². The van der Waals surface area contributed by atoms with Crippen molar-refractivity contribution in [2.24, 2.45) is 23.7 Å². The molecule has 3 fully saturated rings. The molecule has 1 aromatic rings. The monoisotopic (exact) mass is 410 g/mol. The number of amides is 2. The van der Waals surface area contributed by atoms with Gasteiger partial charge in [0.1, 0.15) is 5.75 Å². The Kier molecular flexibility index (Phi) is 5.25. The fourth-order valence-electron chi connectivity index (χ4n) is 5.55. The number of fused-ring (bicyclic) bond motifs is 5. The average Bonchev–Trinajstić information content (AvgIpc) is 3.46. The highest BCUT2D eigenvalue weighted by Crippen LogP contribution is 2.52. The number of benzene rings is 1. The molecule has 2 aliphatic carbocycles. The Morgan fingerprint density at radius 3 is 2.30 bits per heavy atom. The van der Waals surface area contributed by atoms with Gasteiger partial charge in [-0.15, -0.1) is 0 Å². The second-order valence-electron chi connectivity index (χ2n) is 8.66. The third kappa shape index (κ3) is 3.30. The first-order valence-electron chi connectivity index (χ1n) is 11.0. The fraction of sp³-hybridized carbons (Fsp3) is 0.565. The number of nitrogens with zero attached hydrogens (tertiary/aromatic N) is 3. The molecule has 1 saturated carbocycles. The van der Waals surface area contributed by atoms with Crippen molar-refractivity contribution >= 4 is 17.5 Å². The number of carbonyl (C=O) groups excluding carboxylic acids is 2. The Morgan fingerprint density at radius 1 is 0.967 bits per heavy atom. The van der Waals surface area contributed by atoms with Crippen LogP contribution in [-0.4, -0.2) is 68.2 Å². The maximum absolute atomic E-state index is 12.6. The first-order valence-corrected chi connectivity index (χ1v) is 11.0. The van der Waals surface area contributed by atoms with Crippen molar-refractivity contribution in [3.8, 4) is 5.75 Å². The molecule has 2 bridgehead atoms. The zero-order valence-corrected chi connectivity index (χ0v) is 17.4. The zero-order valence-electron chi connectivity index (χ0n) is 17.4. The smallest absolute Gasteiger partial charge is 0.258 e. The van der Waals surface area contributed by atoms with Crippen molar-refractivity contribution in [2.45, 2.75) is 12.8 Å². The van der Waals surface area contributed by atoms with E-state index in [1.807, 2.05) is 18.2 Å². The molecule has 0 radical (unpaired) electrons. The topological polar surface area (TPSA) is 62.3 Å². The summed E-state index contributed by atoms with van der Waals surface area (Å²) in [5.41, 5.74) is 1.14. The van der Waals surface area contributed by atoms with E-state index in [0.717, 1.165) is 62.1 Å². The summed E-state index contributed by atoms with van der Waals surface area (Å²) in [6.45, 7) is 5.13. The van der Waals surface area contributed by atoms with Crippen LogP contribution >= 0.6 is 0 Å². The number of methoxy groups -OCH3 is 1. The van der Waals surface area contributed by atoms with E-state index in [-0.39, 0.29) is 35.5 Å². The number of anilines is 1. The molecule has 5 rings (SSSR count). The van der Waals surface area contributed by atoms with E-state index in [1.54, 1.807) is 7.11 Å². The number of rotatable bonds is 7. The highest BCUT2D eigenvalue weighted by Gasteiger charge is 2.60. The second-order valence-corrected chi connectivity index (χ2v) is 8.66. The molecule has 0 N–H and O–H groups in total. The summed E-state index contributed by atoms with van der Waals surface area (Å²) < 4.78 is 5.48. The van der Waals surface area contributed by atoms with E-state index in [0.29, 0.717) is 6.61 Å². The van der Waals surface area contributed by atoms with Crippen LogP contribution in [0.25, 0.3) is 0 Å². The lowest BCUT2D eigenvalue weighted by Crippen LogP contribution is -2.47. The van der Waals surface area contributed by atoms with Crippen molar-refractivity contribution in [3.05, 3.63) is 36.4 Å². The van der Waals surface area contributed by atoms with E-state index in [2.05, 4.69) is 28.0 Å². The van der Waals surface area contributed by atoms with Crippen LogP contribution < -0.4 is 9.64 Å². The van der Waals surface area contributed by atoms with Gasteiger partial charge in [0.05, 0.1) is 31.2 Å². The van der Waals surface area contributed by atoms with Gasteiger partial charge < -0.3 is 9.64 Å². The van der Waals surface area contributed by atoms with Crippen LogP contribution in [0.5, 0.6) is 5.75 Å². The zero-order chi connectivity index (χ0) is 20.7. The van der Waals surface area contributed by atoms with Crippen LogP contribution in [0.3, 0.4) is 0 Å². The molecule has 4 unspecified atom stereocenters. The molecule has 2 aliphatic heterocycles. The Labute approximate surface area is 177 Å². The number of hydrogen-bond donors (Lipinski definition) is 0. The molecule has 4 atom stereocenters. The molecule has 30 heavy (non-hydrogen) atoms. The molecule has 0 aromatic heterocycles. The summed E-state index contributed by atoms with van der Waals surface area (Å²) in [6, 6.07) is 8.13. The standard InChI is InChI=1S/C23H29N3O4/c1-29-19-6-3-2-5-18(19)25-12-10-24(11-13-25)9-4-14-30-26-22(27)20-16-7-8-17(15-16)21(20)23(26)28/h2-3,5-8,16-17,20-21H,4,9-15H2,1H3/i1-1. The van der Waals surface area contributed by atoms with Gasteiger partial charge in [0, 0.05) is 32.7 Å². The maximum Gasteiger partial charge on any atom is 0.258 e. The van der Waals surface area contributed by atoms with Gasteiger partial charge in [0.2, 0.25) is 0 Å². The van der Waals surface area contributed by atoms with Crippen molar-refractivity contribution in [1.29, 1.82) is 0 Å². The average molecular weight is 411 g/mol. The summed E-state index contributed by atoms with van der Waals surface area (Å²) in [6.07, 6.45) is 5.95. The van der Waals surface area contributed by atoms with E-state index >= 15 is 0 Å². The van der Waals surface area contributed by atoms with Gasteiger partial charge >= 0.3 is 0 Å². The van der Waals surface area contributed by atoms with Crippen molar-refractivity contribution < 1.29 is 19.2 Å². The van der Waals surface area contributed by atoms with Gasteiger partial charge in [-0.3, -0.25) is 19.3 Å². The number of allylic oxidation sites excluding steroid dienone is 2. The Hall–Kier alpha value is -2.38. The highest BCUT2D eigenvalue weighted by atomic mass is 16.7. The van der Waals surface area contributed by atoms with E-state index in [9.17, 15) is 9.59 Å². The number of para-hydroxylation sites is 2. The predicted molar refractivity (Wildman–Crippen MR) is 112 cm³/mol. The molecule has 0 spiro atoms. The molecule has 4 aliphatic rings. The summed E-state index contributed by atoms with van der Waals surface area (Å²) in [4.78, 5) is 35.7. The first-order chi connectivity index (χ1) is 14.7. The molecule has 7 heteroatoms. The van der Waals surface area contributed by atoms with Crippen LogP contribution in [0.1, 0.15) is 12.8 Å². The predicted octanol–water partition coefficient (Wildman–Crippen LogP) is 1.95. The van der Waals surface area contributed by atoms with Gasteiger partial charge in [-0.25, -0.2) is 0 Å². The van der Waals surface area contributed by atoms with Crippen molar-refractivity contribution in [3.63, 3.8) is 0 Å². The lowest BCUT2D eigenvalue weighted by Gasteiger charge is -2.36. The molecule has 1 aromatic carbocycles. The summed E-state index contributed by atoms with van der Waals surface area (Å²) in [5.74, 6) is 0.729. The number of imide groups is 1. The third-order valence-corrected chi connectivity index (χ3v) is 7.07. The SMILES string of the molecule is [11CH3]Oc1ccccc1N1CCN(CCCON2C(=O)C3C4C=CC(C4)C3C2=O)CC1. The molecule has 2 amide bonds. The molecule has 160 valence electrons. The summed E-state index contributed by atoms with van der Waals surface area (Å²) >= 11 is 0. The largest absolute Gasteiger partial charge is 0.495 e. The summed E-state index contributed by atoms with van der Waals surface area (Å²) in [7, 11) is 1.71.